The van der Waals surface area contributed by atoms with Gasteiger partial charge in [-0.2, -0.15) is 5.10 Å². The zero-order valence-corrected chi connectivity index (χ0v) is 26.3. The maximum atomic E-state index is 14.1. The molecule has 1 aromatic carbocycles. The molecule has 43 heavy (non-hydrogen) atoms. The highest BCUT2D eigenvalue weighted by Crippen LogP contribution is 2.64. The highest BCUT2D eigenvalue weighted by Gasteiger charge is 2.72. The Labute approximate surface area is 257 Å². The molecule has 2 amide bonds. The largest absolute Gasteiger partial charge is 0.325 e. The summed E-state index contributed by atoms with van der Waals surface area (Å²) in [5, 5.41) is 8.14. The number of pyridine rings is 1. The number of piperidine rings is 1. The lowest BCUT2D eigenvalue weighted by Gasteiger charge is -2.28. The summed E-state index contributed by atoms with van der Waals surface area (Å²) in [5.41, 5.74) is 2.44. The van der Waals surface area contributed by atoms with Crippen molar-refractivity contribution in [2.24, 2.45) is 11.3 Å². The second-order valence-corrected chi connectivity index (χ2v) is 12.7. The molecule has 0 spiro atoms. The van der Waals surface area contributed by atoms with E-state index < -0.39 is 6.04 Å². The number of aryl methyl sites for hydroxylation is 1. The average molecular weight is 646 g/mol. The third-order valence-electron chi connectivity index (χ3n) is 8.72. The lowest BCUT2D eigenvalue weighted by Crippen LogP contribution is -2.47. The summed E-state index contributed by atoms with van der Waals surface area (Å²) in [4.78, 5) is 57.2. The van der Waals surface area contributed by atoms with Gasteiger partial charge in [0.15, 0.2) is 5.78 Å². The normalized spacial score (nSPS) is 22.6. The number of Topliss-reactive ketones (excluding diaryl/α,β-unsaturated/α-hetero) is 1. The minimum Gasteiger partial charge on any atom is -0.325 e. The van der Waals surface area contributed by atoms with E-state index in [0.717, 1.165) is 17.7 Å². The zero-order chi connectivity index (χ0) is 30.6. The summed E-state index contributed by atoms with van der Waals surface area (Å²) < 4.78 is 2.18. The number of hydrogen-bond acceptors (Lipinski definition) is 8. The van der Waals surface area contributed by atoms with Gasteiger partial charge in [-0.05, 0) is 79.1 Å². The minimum absolute atomic E-state index is 0.0733. The van der Waals surface area contributed by atoms with Gasteiger partial charge in [0, 0.05) is 48.3 Å². The molecule has 222 valence electrons. The first-order chi connectivity index (χ1) is 20.5. The molecule has 11 nitrogen and oxygen atoms in total. The van der Waals surface area contributed by atoms with Crippen LogP contribution in [-0.2, 0) is 16.1 Å². The Morgan fingerprint density at radius 3 is 2.53 bits per heavy atom. The molecule has 4 atom stereocenters. The van der Waals surface area contributed by atoms with Crippen molar-refractivity contribution < 1.29 is 14.4 Å². The molecule has 1 N–H and O–H groups in total. The molecule has 4 aromatic rings. The van der Waals surface area contributed by atoms with E-state index in [1.54, 1.807) is 40.2 Å². The van der Waals surface area contributed by atoms with Crippen molar-refractivity contribution in [3.8, 4) is 11.1 Å². The maximum Gasteiger partial charge on any atom is 0.248 e. The first-order valence-electron chi connectivity index (χ1n) is 14.2. The highest BCUT2D eigenvalue weighted by molar-refractivity contribution is 9.10. The number of nitrogens with one attached hydrogen (secondary N) is 1. The first kappa shape index (κ1) is 29.1. The summed E-state index contributed by atoms with van der Waals surface area (Å²) in [6.07, 6.45) is 4.04. The van der Waals surface area contributed by atoms with Crippen LogP contribution in [0.2, 0.25) is 0 Å². The van der Waals surface area contributed by atoms with Crippen LogP contribution in [0, 0.1) is 18.3 Å². The molecule has 0 bridgehead atoms. The van der Waals surface area contributed by atoms with Crippen LogP contribution in [0.25, 0.3) is 22.0 Å². The number of halogens is 1. The van der Waals surface area contributed by atoms with E-state index in [1.807, 2.05) is 39.2 Å². The van der Waals surface area contributed by atoms with Crippen LogP contribution in [0.1, 0.15) is 36.6 Å². The molecule has 2 fully saturated rings. The molecule has 1 unspecified atom stereocenters. The number of fused-ring (bicyclic) bond motifs is 2. The van der Waals surface area contributed by atoms with E-state index in [2.05, 4.69) is 53.1 Å². The van der Waals surface area contributed by atoms with Crippen LogP contribution in [0.4, 0.5) is 5.82 Å². The van der Waals surface area contributed by atoms with Gasteiger partial charge in [-0.1, -0.05) is 19.1 Å². The van der Waals surface area contributed by atoms with E-state index in [1.165, 1.54) is 6.92 Å². The fourth-order valence-corrected chi connectivity index (χ4v) is 7.11. The number of hydrogen-bond donors (Lipinski definition) is 1. The number of rotatable bonds is 8. The Morgan fingerprint density at radius 1 is 1.12 bits per heavy atom. The molecule has 3 aromatic heterocycles. The lowest BCUT2D eigenvalue weighted by atomic mass is 9.95. The second kappa shape index (κ2) is 10.9. The van der Waals surface area contributed by atoms with Crippen molar-refractivity contribution >= 4 is 50.2 Å². The van der Waals surface area contributed by atoms with Gasteiger partial charge in [-0.25, -0.2) is 15.0 Å². The van der Waals surface area contributed by atoms with Crippen molar-refractivity contribution in [3.63, 3.8) is 0 Å². The van der Waals surface area contributed by atoms with Crippen LogP contribution >= 0.6 is 15.9 Å². The zero-order valence-electron chi connectivity index (χ0n) is 24.7. The number of likely N-dealkylation sites (tertiary alicyclic amines) is 1. The Balaban J connectivity index is 1.32. The van der Waals surface area contributed by atoms with E-state index in [0.29, 0.717) is 33.6 Å². The summed E-state index contributed by atoms with van der Waals surface area (Å²) in [7, 11) is 4.02. The minimum atomic E-state index is -0.656. The lowest BCUT2D eigenvalue weighted by molar-refractivity contribution is -0.138. The van der Waals surface area contributed by atoms with Crippen molar-refractivity contribution in [3.05, 3.63) is 64.9 Å². The smallest absolute Gasteiger partial charge is 0.248 e. The van der Waals surface area contributed by atoms with Gasteiger partial charge >= 0.3 is 0 Å². The van der Waals surface area contributed by atoms with Gasteiger partial charge in [0.05, 0.1) is 5.52 Å². The molecule has 4 heterocycles. The summed E-state index contributed by atoms with van der Waals surface area (Å²) >= 11 is 3.35. The predicted octanol–water partition coefficient (Wildman–Crippen LogP) is 3.97. The number of ketones is 1. The van der Waals surface area contributed by atoms with Crippen LogP contribution in [0.3, 0.4) is 0 Å². The number of benzene rings is 1. The van der Waals surface area contributed by atoms with Gasteiger partial charge < -0.3 is 15.1 Å². The standard InChI is InChI=1S/C31H33BrN8O3/c1-17-29-31(17,16-38(4)5)12-24(30(43)36-26-8-6-7-25(32)35-26)40(29)27(42)15-39-23-10-9-20(21-13-33-19(3)34-14-21)11-22(23)28(37-39)18(2)41/h6-11,13-14,17,24,29H,12,15-16H2,1-5H3,(H,35,36,43)/t17-,24-,29?,31+/m1/s1. The average Bonchev–Trinajstić information content (AvgIpc) is 3.24. The Kier molecular flexibility index (Phi) is 7.37. The predicted molar refractivity (Wildman–Crippen MR) is 165 cm³/mol. The van der Waals surface area contributed by atoms with E-state index >= 15 is 0 Å². The molecule has 2 aliphatic rings. The van der Waals surface area contributed by atoms with Gasteiger partial charge in [-0.15, -0.1) is 0 Å². The Bertz CT molecular complexity index is 1750. The highest BCUT2D eigenvalue weighted by atomic mass is 79.9. The number of amides is 2. The quantitative estimate of drug-likeness (QED) is 0.226. The fourth-order valence-electron chi connectivity index (χ4n) is 6.77. The number of carbonyl (C=O) groups is 3. The topological polar surface area (TPSA) is 126 Å². The van der Waals surface area contributed by atoms with E-state index in [-0.39, 0.29) is 47.2 Å². The van der Waals surface area contributed by atoms with Crippen LogP contribution < -0.4 is 5.32 Å². The third kappa shape index (κ3) is 5.22. The van der Waals surface area contributed by atoms with E-state index in [4.69, 9.17) is 0 Å². The summed E-state index contributed by atoms with van der Waals surface area (Å²) in [5.74, 6) is 0.648. The number of nitrogens with zero attached hydrogens (tertiary/aromatic N) is 7. The molecule has 1 saturated heterocycles. The molecule has 1 aliphatic carbocycles. The fraction of sp³-hybridized carbons (Fsp3) is 0.387. The van der Waals surface area contributed by atoms with Crippen molar-refractivity contribution in [1.82, 2.24) is 34.5 Å². The summed E-state index contributed by atoms with van der Waals surface area (Å²) in [6.45, 7) is 6.10. The summed E-state index contributed by atoms with van der Waals surface area (Å²) in [6, 6.07) is 10.2. The van der Waals surface area contributed by atoms with E-state index in [9.17, 15) is 14.4 Å². The monoisotopic (exact) mass is 644 g/mol. The second-order valence-electron chi connectivity index (χ2n) is 11.9. The van der Waals surface area contributed by atoms with Crippen molar-refractivity contribution in [2.75, 3.05) is 26.0 Å². The molecule has 6 rings (SSSR count). The van der Waals surface area contributed by atoms with Crippen molar-refractivity contribution in [1.29, 1.82) is 0 Å². The molecular formula is C31H33BrN8O3. The Hall–Kier alpha value is -4.03. The third-order valence-corrected chi connectivity index (χ3v) is 9.16. The van der Waals surface area contributed by atoms with Crippen molar-refractivity contribution in [2.45, 2.75) is 45.8 Å². The molecule has 1 aliphatic heterocycles. The molecule has 1 saturated carbocycles. The van der Waals surface area contributed by atoms with Gasteiger partial charge in [0.2, 0.25) is 11.8 Å². The molecule has 12 heteroatoms. The van der Waals surface area contributed by atoms with Gasteiger partial charge in [0.1, 0.15) is 34.5 Å². The molecule has 0 radical (unpaired) electrons. The van der Waals surface area contributed by atoms with Crippen LogP contribution in [0.15, 0.2) is 53.4 Å². The number of aromatic nitrogens is 5. The SMILES string of the molecule is CC(=O)c1nn(CC(=O)N2C3[C@@H](C)[C@@]3(CN(C)C)C[C@@H]2C(=O)Nc2cccc(Br)n2)c2ccc(-c3cnc(C)nc3)cc12. The molecular weight excluding hydrogens is 612 g/mol. The van der Waals surface area contributed by atoms with Gasteiger partial charge in [-0.3, -0.25) is 19.1 Å². The maximum absolute atomic E-state index is 14.1. The first-order valence-corrected chi connectivity index (χ1v) is 15.0. The van der Waals surface area contributed by atoms with Crippen LogP contribution in [0.5, 0.6) is 0 Å². The van der Waals surface area contributed by atoms with Gasteiger partial charge in [0.25, 0.3) is 0 Å². The van der Waals surface area contributed by atoms with Crippen LogP contribution in [-0.4, -0.2) is 84.9 Å². The Morgan fingerprint density at radius 2 is 1.86 bits per heavy atom. The number of carbonyl (C=O) groups excluding carboxylic acids is 3. The number of anilines is 1.